The van der Waals surface area contributed by atoms with E-state index in [0.29, 0.717) is 49.2 Å². The van der Waals surface area contributed by atoms with E-state index in [0.717, 1.165) is 33.4 Å². The van der Waals surface area contributed by atoms with Crippen molar-refractivity contribution in [2.45, 2.75) is 26.5 Å². The van der Waals surface area contributed by atoms with E-state index < -0.39 is 5.91 Å². The Morgan fingerprint density at radius 2 is 1.97 bits per heavy atom. The average Bonchev–Trinajstić information content (AvgIpc) is 3.23. The largest absolute Gasteiger partial charge is 0.376 e. The van der Waals surface area contributed by atoms with Crippen molar-refractivity contribution in [3.8, 4) is 5.95 Å². The molecule has 0 fully saturated rings. The molecular formula is C26H25ClN6O3. The molecule has 0 spiro atoms. The molecule has 184 valence electrons. The number of primary amides is 1. The minimum Gasteiger partial charge on any atom is -0.376 e. The summed E-state index contributed by atoms with van der Waals surface area (Å²) >= 11 is 5.56. The van der Waals surface area contributed by atoms with Crippen molar-refractivity contribution < 1.29 is 14.3 Å². The van der Waals surface area contributed by atoms with E-state index in [1.54, 1.807) is 6.07 Å². The number of hydrogen-bond donors (Lipinski definition) is 3. The fraction of sp³-hybridized carbons (Fsp3) is 0.231. The number of benzene rings is 2. The first-order valence-electron chi connectivity index (χ1n) is 11.5. The maximum absolute atomic E-state index is 12.0. The molecule has 0 saturated carbocycles. The van der Waals surface area contributed by atoms with Gasteiger partial charge in [0.05, 0.1) is 24.4 Å². The van der Waals surface area contributed by atoms with E-state index in [4.69, 9.17) is 32.0 Å². The van der Waals surface area contributed by atoms with Gasteiger partial charge < -0.3 is 21.1 Å². The molecule has 0 radical (unpaired) electrons. The van der Waals surface area contributed by atoms with E-state index in [1.165, 1.54) is 0 Å². The zero-order valence-corrected chi connectivity index (χ0v) is 20.4. The summed E-state index contributed by atoms with van der Waals surface area (Å²) < 4.78 is 7.63. The highest BCUT2D eigenvalue weighted by molar-refractivity contribution is 6.29. The van der Waals surface area contributed by atoms with Crippen LogP contribution >= 0.6 is 11.6 Å². The van der Waals surface area contributed by atoms with E-state index >= 15 is 0 Å². The second kappa shape index (κ2) is 9.96. The van der Waals surface area contributed by atoms with Crippen LogP contribution in [-0.4, -0.2) is 38.8 Å². The number of rotatable bonds is 7. The first kappa shape index (κ1) is 23.8. The number of anilines is 2. The van der Waals surface area contributed by atoms with Crippen molar-refractivity contribution in [2.75, 3.05) is 23.1 Å². The number of fused-ring (bicyclic) bond motifs is 2. The van der Waals surface area contributed by atoms with Crippen molar-refractivity contribution >= 4 is 45.8 Å². The molecule has 9 nitrogen and oxygen atoms in total. The van der Waals surface area contributed by atoms with Gasteiger partial charge in [-0.2, -0.15) is 4.98 Å². The Hall–Kier alpha value is -3.95. The lowest BCUT2D eigenvalue weighted by molar-refractivity contribution is -0.113. The second-order valence-corrected chi connectivity index (χ2v) is 8.82. The first-order chi connectivity index (χ1) is 17.4. The molecule has 0 aliphatic carbocycles. The minimum atomic E-state index is -0.475. The highest BCUT2D eigenvalue weighted by Crippen LogP contribution is 2.29. The van der Waals surface area contributed by atoms with Crippen molar-refractivity contribution in [3.05, 3.63) is 76.6 Å². The monoisotopic (exact) mass is 504 g/mol. The van der Waals surface area contributed by atoms with E-state index in [1.807, 2.05) is 54.0 Å². The van der Waals surface area contributed by atoms with Gasteiger partial charge in [-0.15, -0.1) is 11.6 Å². The number of carbonyl (C=O) groups excluding carboxylic acids is 2. The number of nitrogens with two attached hydrogens (primary N) is 1. The predicted molar refractivity (Wildman–Crippen MR) is 139 cm³/mol. The lowest BCUT2D eigenvalue weighted by Gasteiger charge is -2.21. The maximum atomic E-state index is 12.0. The lowest BCUT2D eigenvalue weighted by atomic mass is 10.1. The number of aromatic nitrogens is 3. The molecule has 4 aromatic rings. The number of carbonyl (C=O) groups is 2. The molecule has 2 aromatic heterocycles. The molecule has 0 unspecified atom stereocenters. The summed E-state index contributed by atoms with van der Waals surface area (Å²) in [5.41, 5.74) is 11.3. The predicted octanol–water partition coefficient (Wildman–Crippen LogP) is 3.69. The van der Waals surface area contributed by atoms with Gasteiger partial charge >= 0.3 is 0 Å². The Kier molecular flexibility index (Phi) is 6.58. The normalized spacial score (nSPS) is 12.8. The molecule has 0 bridgehead atoms. The zero-order valence-electron chi connectivity index (χ0n) is 19.7. The van der Waals surface area contributed by atoms with Gasteiger partial charge in [-0.1, -0.05) is 18.2 Å². The molecule has 1 aliphatic rings. The van der Waals surface area contributed by atoms with Crippen LogP contribution in [0.25, 0.3) is 16.9 Å². The standard InChI is InChI=1S/C26H25ClN6O3/c1-15-11-19-18(24(28)35)3-2-4-22(19)33(15)26-31-21-9-10-36-14-20(21)25(32-26)29-13-16-5-7-17(8-6-16)30-23(34)12-27/h2-8,11H,9-10,12-14H2,1H3,(H2,28,35)(H,30,34)(H,29,31,32). The molecule has 5 rings (SSSR count). The minimum absolute atomic E-state index is 0.0907. The maximum Gasteiger partial charge on any atom is 0.249 e. The smallest absolute Gasteiger partial charge is 0.249 e. The van der Waals surface area contributed by atoms with Crippen LogP contribution in [0.3, 0.4) is 0 Å². The SMILES string of the molecule is Cc1cc2c(C(N)=O)cccc2n1-c1nc2c(c(NCc3ccc(NC(=O)CCl)cc3)n1)COCC2. The van der Waals surface area contributed by atoms with Gasteiger partial charge in [-0.3, -0.25) is 14.2 Å². The van der Waals surface area contributed by atoms with Gasteiger partial charge in [0.25, 0.3) is 0 Å². The summed E-state index contributed by atoms with van der Waals surface area (Å²) in [6, 6.07) is 14.9. The molecule has 36 heavy (non-hydrogen) atoms. The number of aryl methyl sites for hydroxylation is 1. The summed E-state index contributed by atoms with van der Waals surface area (Å²) in [6.45, 7) is 3.49. The summed E-state index contributed by atoms with van der Waals surface area (Å²) in [5.74, 6) is 0.398. The van der Waals surface area contributed by atoms with Crippen LogP contribution in [0, 0.1) is 6.92 Å². The van der Waals surface area contributed by atoms with Crippen LogP contribution in [0.2, 0.25) is 0 Å². The van der Waals surface area contributed by atoms with Crippen molar-refractivity contribution in [3.63, 3.8) is 0 Å². The summed E-state index contributed by atoms with van der Waals surface area (Å²) in [4.78, 5) is 33.2. The Balaban J connectivity index is 1.49. The van der Waals surface area contributed by atoms with Gasteiger partial charge in [0, 0.05) is 40.9 Å². The van der Waals surface area contributed by atoms with Gasteiger partial charge in [-0.25, -0.2) is 4.98 Å². The van der Waals surface area contributed by atoms with Gasteiger partial charge in [-0.05, 0) is 42.8 Å². The van der Waals surface area contributed by atoms with Gasteiger partial charge in [0.15, 0.2) is 0 Å². The Morgan fingerprint density at radius 1 is 1.17 bits per heavy atom. The zero-order chi connectivity index (χ0) is 25.2. The van der Waals surface area contributed by atoms with E-state index in [-0.39, 0.29) is 11.8 Å². The summed E-state index contributed by atoms with van der Waals surface area (Å²) in [7, 11) is 0. The number of alkyl halides is 1. The second-order valence-electron chi connectivity index (χ2n) is 8.56. The molecule has 10 heteroatoms. The van der Waals surface area contributed by atoms with Crippen molar-refractivity contribution in [1.82, 2.24) is 14.5 Å². The molecule has 2 amide bonds. The molecule has 0 saturated heterocycles. The van der Waals surface area contributed by atoms with Crippen LogP contribution in [-0.2, 0) is 29.1 Å². The number of nitrogens with zero attached hydrogens (tertiary/aromatic N) is 3. The van der Waals surface area contributed by atoms with Gasteiger partial charge in [0.1, 0.15) is 11.7 Å². The molecular weight excluding hydrogens is 480 g/mol. The summed E-state index contributed by atoms with van der Waals surface area (Å²) in [5, 5.41) is 6.93. The number of ether oxygens (including phenoxy) is 1. The molecule has 4 N–H and O–H groups in total. The van der Waals surface area contributed by atoms with Crippen LogP contribution in [0.1, 0.15) is 32.9 Å². The van der Waals surface area contributed by atoms with E-state index in [9.17, 15) is 9.59 Å². The Morgan fingerprint density at radius 3 is 2.72 bits per heavy atom. The third-order valence-electron chi connectivity index (χ3n) is 6.12. The number of halogens is 1. The fourth-order valence-corrected chi connectivity index (χ4v) is 4.46. The molecule has 3 heterocycles. The van der Waals surface area contributed by atoms with Crippen molar-refractivity contribution in [1.29, 1.82) is 0 Å². The third kappa shape index (κ3) is 4.62. The Bertz CT molecular complexity index is 1470. The number of amides is 2. The number of nitrogens with one attached hydrogen (secondary N) is 2. The highest BCUT2D eigenvalue weighted by atomic mass is 35.5. The fourth-order valence-electron chi connectivity index (χ4n) is 4.39. The third-order valence-corrected chi connectivity index (χ3v) is 6.37. The number of hydrogen-bond acceptors (Lipinski definition) is 6. The van der Waals surface area contributed by atoms with Crippen LogP contribution in [0.15, 0.2) is 48.5 Å². The highest BCUT2D eigenvalue weighted by Gasteiger charge is 2.21. The van der Waals surface area contributed by atoms with Crippen LogP contribution in [0.5, 0.6) is 0 Å². The van der Waals surface area contributed by atoms with Crippen molar-refractivity contribution in [2.24, 2.45) is 5.73 Å². The topological polar surface area (TPSA) is 124 Å². The Labute approximate surface area is 212 Å². The first-order valence-corrected chi connectivity index (χ1v) is 12.1. The lowest BCUT2D eigenvalue weighted by Crippen LogP contribution is -2.19. The molecule has 1 aliphatic heterocycles. The van der Waals surface area contributed by atoms with E-state index in [2.05, 4.69) is 10.6 Å². The quantitative estimate of drug-likeness (QED) is 0.330. The molecule has 0 atom stereocenters. The van der Waals surface area contributed by atoms with Crippen LogP contribution in [0.4, 0.5) is 11.5 Å². The van der Waals surface area contributed by atoms with Crippen LogP contribution < -0.4 is 16.4 Å². The van der Waals surface area contributed by atoms with Gasteiger partial charge in [0.2, 0.25) is 17.8 Å². The average molecular weight is 505 g/mol. The molecule has 2 aromatic carbocycles. The summed E-state index contributed by atoms with van der Waals surface area (Å²) in [6.07, 6.45) is 0.680.